The standard InChI is InChI=1S/C14H16ClF2N/c15-10-5-12-3-4-13(6-10)18(12)8-9-1-2-11(16)7-14(9)17/h1-2,7,10,12-13H,3-6,8H2. The number of nitrogens with zero attached hydrogens (tertiary/aromatic N) is 1. The van der Waals surface area contributed by atoms with Crippen molar-refractivity contribution in [2.24, 2.45) is 0 Å². The zero-order valence-corrected chi connectivity index (χ0v) is 10.8. The molecule has 3 rings (SSSR count). The van der Waals surface area contributed by atoms with Crippen molar-refractivity contribution in [2.45, 2.75) is 49.7 Å². The van der Waals surface area contributed by atoms with E-state index in [0.717, 1.165) is 31.7 Å². The van der Waals surface area contributed by atoms with Gasteiger partial charge >= 0.3 is 0 Å². The zero-order chi connectivity index (χ0) is 12.7. The first-order valence-corrected chi connectivity index (χ1v) is 6.91. The van der Waals surface area contributed by atoms with Crippen LogP contribution < -0.4 is 0 Å². The average molecular weight is 272 g/mol. The molecule has 2 bridgehead atoms. The Kier molecular flexibility index (Phi) is 3.29. The Morgan fingerprint density at radius 2 is 1.83 bits per heavy atom. The SMILES string of the molecule is Fc1ccc(CN2C3CCC2CC(Cl)C3)c(F)c1. The van der Waals surface area contributed by atoms with Gasteiger partial charge in [0, 0.05) is 35.6 Å². The molecule has 2 unspecified atom stereocenters. The smallest absolute Gasteiger partial charge is 0.130 e. The van der Waals surface area contributed by atoms with Crippen molar-refractivity contribution in [3.63, 3.8) is 0 Å². The first-order chi connectivity index (χ1) is 8.63. The van der Waals surface area contributed by atoms with Crippen molar-refractivity contribution in [1.29, 1.82) is 0 Å². The van der Waals surface area contributed by atoms with E-state index in [1.807, 2.05) is 0 Å². The maximum atomic E-state index is 13.7. The third-order valence-corrected chi connectivity index (χ3v) is 4.55. The Balaban J connectivity index is 1.77. The molecule has 2 fully saturated rings. The molecule has 1 aromatic carbocycles. The van der Waals surface area contributed by atoms with Crippen LogP contribution in [0.1, 0.15) is 31.2 Å². The minimum atomic E-state index is -0.515. The number of halogens is 3. The number of hydrogen-bond donors (Lipinski definition) is 0. The molecular weight excluding hydrogens is 256 g/mol. The maximum Gasteiger partial charge on any atom is 0.130 e. The Hall–Kier alpha value is -0.670. The number of fused-ring (bicyclic) bond motifs is 2. The number of piperidine rings is 1. The third kappa shape index (κ3) is 2.26. The molecule has 2 heterocycles. The molecule has 1 nitrogen and oxygen atoms in total. The lowest BCUT2D eigenvalue weighted by molar-refractivity contribution is 0.133. The van der Waals surface area contributed by atoms with E-state index in [1.54, 1.807) is 6.07 Å². The summed E-state index contributed by atoms with van der Waals surface area (Å²) in [5.41, 5.74) is 0.585. The van der Waals surface area contributed by atoms with Crippen LogP contribution in [0.4, 0.5) is 8.78 Å². The van der Waals surface area contributed by atoms with Crippen molar-refractivity contribution in [3.05, 3.63) is 35.4 Å². The van der Waals surface area contributed by atoms with Gasteiger partial charge in [0.1, 0.15) is 11.6 Å². The molecule has 0 radical (unpaired) electrons. The molecule has 2 aliphatic heterocycles. The van der Waals surface area contributed by atoms with Crippen LogP contribution >= 0.6 is 11.6 Å². The number of hydrogen-bond acceptors (Lipinski definition) is 1. The highest BCUT2D eigenvalue weighted by Crippen LogP contribution is 2.38. The van der Waals surface area contributed by atoms with Crippen LogP contribution in [0, 0.1) is 11.6 Å². The molecule has 4 heteroatoms. The summed E-state index contributed by atoms with van der Waals surface area (Å²) in [6, 6.07) is 4.78. The van der Waals surface area contributed by atoms with Gasteiger partial charge in [0.25, 0.3) is 0 Å². The van der Waals surface area contributed by atoms with Crippen LogP contribution in [0.2, 0.25) is 0 Å². The van der Waals surface area contributed by atoms with E-state index in [0.29, 0.717) is 24.2 Å². The largest absolute Gasteiger partial charge is 0.293 e. The minimum Gasteiger partial charge on any atom is -0.293 e. The Morgan fingerprint density at radius 3 is 2.44 bits per heavy atom. The van der Waals surface area contributed by atoms with Crippen molar-refractivity contribution >= 4 is 11.6 Å². The van der Waals surface area contributed by atoms with E-state index < -0.39 is 11.6 Å². The van der Waals surface area contributed by atoms with Crippen LogP contribution in [0.3, 0.4) is 0 Å². The van der Waals surface area contributed by atoms with Gasteiger partial charge in [-0.1, -0.05) is 6.07 Å². The fourth-order valence-corrected chi connectivity index (χ4v) is 3.72. The van der Waals surface area contributed by atoms with Crippen LogP contribution in [-0.4, -0.2) is 22.4 Å². The van der Waals surface area contributed by atoms with Crippen LogP contribution in [-0.2, 0) is 6.54 Å². The first-order valence-electron chi connectivity index (χ1n) is 6.47. The van der Waals surface area contributed by atoms with E-state index in [4.69, 9.17) is 11.6 Å². The molecule has 1 aromatic rings. The highest BCUT2D eigenvalue weighted by Gasteiger charge is 2.40. The number of benzene rings is 1. The van der Waals surface area contributed by atoms with E-state index >= 15 is 0 Å². The van der Waals surface area contributed by atoms with Gasteiger partial charge in [-0.2, -0.15) is 0 Å². The normalized spacial score (nSPS) is 31.8. The maximum absolute atomic E-state index is 13.7. The summed E-state index contributed by atoms with van der Waals surface area (Å²) in [6.45, 7) is 0.574. The molecule has 2 aliphatic rings. The lowest BCUT2D eigenvalue weighted by Crippen LogP contribution is -2.42. The number of alkyl halides is 1. The molecule has 0 N–H and O–H groups in total. The van der Waals surface area contributed by atoms with Gasteiger partial charge in [-0.25, -0.2) is 8.78 Å². The monoisotopic (exact) mass is 271 g/mol. The molecule has 0 saturated carbocycles. The lowest BCUT2D eigenvalue weighted by atomic mass is 10.0. The Bertz CT molecular complexity index is 437. The number of rotatable bonds is 2. The molecule has 2 saturated heterocycles. The molecule has 0 aliphatic carbocycles. The summed E-state index contributed by atoms with van der Waals surface area (Å²) < 4.78 is 26.5. The van der Waals surface area contributed by atoms with Gasteiger partial charge in [0.2, 0.25) is 0 Å². The zero-order valence-electron chi connectivity index (χ0n) is 10.1. The van der Waals surface area contributed by atoms with Gasteiger partial charge in [0.05, 0.1) is 0 Å². The Labute approximate surface area is 111 Å². The van der Waals surface area contributed by atoms with Gasteiger partial charge in [-0.05, 0) is 31.7 Å². The molecule has 18 heavy (non-hydrogen) atoms. The van der Waals surface area contributed by atoms with Crippen molar-refractivity contribution in [1.82, 2.24) is 4.90 Å². The van der Waals surface area contributed by atoms with Crippen LogP contribution in [0.15, 0.2) is 18.2 Å². The third-order valence-electron chi connectivity index (χ3n) is 4.19. The van der Waals surface area contributed by atoms with E-state index in [2.05, 4.69) is 4.90 Å². The van der Waals surface area contributed by atoms with Gasteiger partial charge in [-0.15, -0.1) is 11.6 Å². The summed E-state index contributed by atoms with van der Waals surface area (Å²) in [4.78, 5) is 2.34. The second-order valence-corrected chi connectivity index (χ2v) is 5.98. The van der Waals surface area contributed by atoms with Crippen LogP contribution in [0.25, 0.3) is 0 Å². The predicted molar refractivity (Wildman–Crippen MR) is 67.6 cm³/mol. The fourth-order valence-electron chi connectivity index (χ4n) is 3.31. The molecule has 0 amide bonds. The quantitative estimate of drug-likeness (QED) is 0.742. The molecule has 98 valence electrons. The predicted octanol–water partition coefficient (Wildman–Crippen LogP) is 3.70. The van der Waals surface area contributed by atoms with E-state index in [9.17, 15) is 8.78 Å². The van der Waals surface area contributed by atoms with Crippen LogP contribution in [0.5, 0.6) is 0 Å². The molecular formula is C14H16ClF2N. The van der Waals surface area contributed by atoms with E-state index in [1.165, 1.54) is 6.07 Å². The second-order valence-electron chi connectivity index (χ2n) is 5.36. The summed E-state index contributed by atoms with van der Waals surface area (Å²) >= 11 is 6.22. The highest BCUT2D eigenvalue weighted by molar-refractivity contribution is 6.20. The summed E-state index contributed by atoms with van der Waals surface area (Å²) in [5.74, 6) is -0.957. The summed E-state index contributed by atoms with van der Waals surface area (Å²) in [5, 5.41) is 0.261. The highest BCUT2D eigenvalue weighted by atomic mass is 35.5. The van der Waals surface area contributed by atoms with Gasteiger partial charge in [-0.3, -0.25) is 4.90 Å². The Morgan fingerprint density at radius 1 is 1.17 bits per heavy atom. The van der Waals surface area contributed by atoms with Crippen molar-refractivity contribution < 1.29 is 8.78 Å². The lowest BCUT2D eigenvalue weighted by Gasteiger charge is -2.37. The van der Waals surface area contributed by atoms with E-state index in [-0.39, 0.29) is 5.38 Å². The fraction of sp³-hybridized carbons (Fsp3) is 0.571. The van der Waals surface area contributed by atoms with Crippen molar-refractivity contribution in [2.75, 3.05) is 0 Å². The topological polar surface area (TPSA) is 3.24 Å². The van der Waals surface area contributed by atoms with Gasteiger partial charge in [0.15, 0.2) is 0 Å². The molecule has 2 atom stereocenters. The summed E-state index contributed by atoms with van der Waals surface area (Å²) in [7, 11) is 0. The second kappa shape index (κ2) is 4.78. The van der Waals surface area contributed by atoms with Crippen molar-refractivity contribution in [3.8, 4) is 0 Å². The molecule has 0 spiro atoms. The summed E-state index contributed by atoms with van der Waals surface area (Å²) in [6.07, 6.45) is 4.27. The van der Waals surface area contributed by atoms with Gasteiger partial charge < -0.3 is 0 Å². The minimum absolute atomic E-state index is 0.261. The average Bonchev–Trinajstić information content (AvgIpc) is 2.56. The first kappa shape index (κ1) is 12.4. The molecule has 0 aromatic heterocycles.